The number of rotatable bonds is 6. The zero-order valence-electron chi connectivity index (χ0n) is 11.0. The predicted molar refractivity (Wildman–Crippen MR) is 68.2 cm³/mol. The van der Waals surface area contributed by atoms with E-state index in [-0.39, 0.29) is 12.5 Å². The normalized spacial score (nSPS) is 18.6. The largest absolute Gasteiger partial charge is 0.481 e. The van der Waals surface area contributed by atoms with E-state index in [0.717, 1.165) is 30.8 Å². The number of aryl methyl sites for hydroxylation is 2. The van der Waals surface area contributed by atoms with Crippen LogP contribution in [0.15, 0.2) is 6.07 Å². The molecule has 0 saturated heterocycles. The minimum Gasteiger partial charge on any atom is -0.481 e. The Balaban J connectivity index is 2.30. The van der Waals surface area contributed by atoms with Gasteiger partial charge in [-0.25, -0.2) is 0 Å². The number of aromatic nitrogens is 2. The van der Waals surface area contributed by atoms with Crippen molar-refractivity contribution in [1.29, 1.82) is 0 Å². The van der Waals surface area contributed by atoms with Gasteiger partial charge in [0, 0.05) is 25.2 Å². The highest BCUT2D eigenvalue weighted by Crippen LogP contribution is 2.47. The van der Waals surface area contributed by atoms with Gasteiger partial charge in [0.05, 0.1) is 11.1 Å². The van der Waals surface area contributed by atoms with Gasteiger partial charge in [-0.05, 0) is 38.7 Å². The molecule has 1 atom stereocenters. The lowest BCUT2D eigenvalue weighted by Crippen LogP contribution is -2.43. The van der Waals surface area contributed by atoms with Gasteiger partial charge in [0.15, 0.2) is 0 Å². The van der Waals surface area contributed by atoms with Gasteiger partial charge >= 0.3 is 5.97 Å². The maximum Gasteiger partial charge on any atom is 0.311 e. The quantitative estimate of drug-likeness (QED) is 0.796. The van der Waals surface area contributed by atoms with Crippen molar-refractivity contribution in [2.75, 3.05) is 6.54 Å². The predicted octanol–water partition coefficient (Wildman–Crippen LogP) is 1.19. The molecule has 0 aliphatic heterocycles. The van der Waals surface area contributed by atoms with Gasteiger partial charge in [-0.1, -0.05) is 0 Å². The molecule has 1 aliphatic rings. The van der Waals surface area contributed by atoms with Crippen LogP contribution < -0.4 is 5.73 Å². The summed E-state index contributed by atoms with van der Waals surface area (Å²) >= 11 is 0. The van der Waals surface area contributed by atoms with Crippen LogP contribution in [0.25, 0.3) is 0 Å². The van der Waals surface area contributed by atoms with Crippen LogP contribution in [0.3, 0.4) is 0 Å². The molecule has 0 spiro atoms. The van der Waals surface area contributed by atoms with Gasteiger partial charge in [-0.3, -0.25) is 9.48 Å². The highest BCUT2D eigenvalue weighted by Gasteiger charge is 2.50. The standard InChI is InChI=1S/C13H21N3O2/c1-3-16-11(6-9(2)15-16)7-13(8-14,12(17)18)10-4-5-10/h6,10H,3-5,7-8,14H2,1-2H3,(H,17,18). The highest BCUT2D eigenvalue weighted by molar-refractivity contribution is 5.76. The van der Waals surface area contributed by atoms with Gasteiger partial charge in [0.1, 0.15) is 0 Å². The number of hydrogen-bond donors (Lipinski definition) is 2. The Bertz CT molecular complexity index is 451. The van der Waals surface area contributed by atoms with Crippen molar-refractivity contribution in [3.8, 4) is 0 Å². The Morgan fingerprint density at radius 2 is 2.33 bits per heavy atom. The van der Waals surface area contributed by atoms with Gasteiger partial charge in [0.2, 0.25) is 0 Å². The first-order valence-electron chi connectivity index (χ1n) is 6.50. The number of carboxylic acid groups (broad SMARTS) is 1. The maximum absolute atomic E-state index is 11.6. The second kappa shape index (κ2) is 4.72. The molecule has 0 radical (unpaired) electrons. The zero-order chi connectivity index (χ0) is 13.3. The molecule has 0 bridgehead atoms. The minimum atomic E-state index is -0.806. The van der Waals surface area contributed by atoms with Crippen LogP contribution in [0.4, 0.5) is 0 Å². The summed E-state index contributed by atoms with van der Waals surface area (Å²) in [6.45, 7) is 4.89. The lowest BCUT2D eigenvalue weighted by atomic mass is 9.78. The fourth-order valence-electron chi connectivity index (χ4n) is 2.70. The molecular weight excluding hydrogens is 230 g/mol. The van der Waals surface area contributed by atoms with Gasteiger partial charge in [-0.15, -0.1) is 0 Å². The van der Waals surface area contributed by atoms with Crippen LogP contribution in [-0.4, -0.2) is 27.4 Å². The number of carbonyl (C=O) groups is 1. The lowest BCUT2D eigenvalue weighted by molar-refractivity contribution is -0.149. The summed E-state index contributed by atoms with van der Waals surface area (Å²) in [7, 11) is 0. The molecule has 1 aromatic rings. The summed E-state index contributed by atoms with van der Waals surface area (Å²) in [5.74, 6) is -0.547. The monoisotopic (exact) mass is 251 g/mol. The third-order valence-corrected chi connectivity index (χ3v) is 3.93. The van der Waals surface area contributed by atoms with E-state index < -0.39 is 11.4 Å². The molecule has 2 rings (SSSR count). The number of carboxylic acids is 1. The Morgan fingerprint density at radius 3 is 2.78 bits per heavy atom. The molecule has 1 aliphatic carbocycles. The summed E-state index contributed by atoms with van der Waals surface area (Å²) in [6.07, 6.45) is 2.43. The molecule has 1 saturated carbocycles. The molecule has 0 aromatic carbocycles. The van der Waals surface area contributed by atoms with E-state index in [2.05, 4.69) is 5.10 Å². The summed E-state index contributed by atoms with van der Waals surface area (Å²) in [5.41, 5.74) is 6.89. The van der Waals surface area contributed by atoms with E-state index in [1.807, 2.05) is 24.6 Å². The minimum absolute atomic E-state index is 0.195. The topological polar surface area (TPSA) is 81.1 Å². The first-order valence-corrected chi connectivity index (χ1v) is 6.50. The van der Waals surface area contributed by atoms with Crippen molar-refractivity contribution < 1.29 is 9.90 Å². The van der Waals surface area contributed by atoms with Crippen molar-refractivity contribution in [2.24, 2.45) is 17.1 Å². The Labute approximate surface area is 107 Å². The molecular formula is C13H21N3O2. The van der Waals surface area contributed by atoms with Crippen LogP contribution in [0, 0.1) is 18.3 Å². The van der Waals surface area contributed by atoms with Gasteiger partial charge in [-0.2, -0.15) is 5.10 Å². The number of nitrogens with two attached hydrogens (primary N) is 1. The highest BCUT2D eigenvalue weighted by atomic mass is 16.4. The van der Waals surface area contributed by atoms with E-state index >= 15 is 0 Å². The lowest BCUT2D eigenvalue weighted by Gasteiger charge is -2.28. The van der Waals surface area contributed by atoms with Crippen LogP contribution in [-0.2, 0) is 17.8 Å². The van der Waals surface area contributed by atoms with Crippen molar-refractivity contribution in [2.45, 2.75) is 39.7 Å². The molecule has 1 fully saturated rings. The number of nitrogens with zero attached hydrogens (tertiary/aromatic N) is 2. The second-order valence-electron chi connectivity index (χ2n) is 5.21. The van der Waals surface area contributed by atoms with Crippen molar-refractivity contribution in [3.05, 3.63) is 17.5 Å². The summed E-state index contributed by atoms with van der Waals surface area (Å²) in [5, 5.41) is 13.9. The summed E-state index contributed by atoms with van der Waals surface area (Å²) < 4.78 is 1.88. The van der Waals surface area contributed by atoms with E-state index in [1.165, 1.54) is 0 Å². The average Bonchev–Trinajstić information content (AvgIpc) is 3.11. The van der Waals surface area contributed by atoms with E-state index in [4.69, 9.17) is 5.73 Å². The van der Waals surface area contributed by atoms with Crippen LogP contribution in [0.5, 0.6) is 0 Å². The Kier molecular flexibility index (Phi) is 3.43. The smallest absolute Gasteiger partial charge is 0.311 e. The first-order chi connectivity index (χ1) is 8.53. The van der Waals surface area contributed by atoms with Gasteiger partial charge in [0.25, 0.3) is 0 Å². The molecule has 3 N–H and O–H groups in total. The van der Waals surface area contributed by atoms with Crippen LogP contribution in [0.1, 0.15) is 31.2 Å². The third kappa shape index (κ3) is 2.14. The molecule has 1 unspecified atom stereocenters. The fraction of sp³-hybridized carbons (Fsp3) is 0.692. The fourth-order valence-corrected chi connectivity index (χ4v) is 2.70. The molecule has 0 amide bonds. The number of aliphatic carboxylic acids is 1. The molecule has 18 heavy (non-hydrogen) atoms. The summed E-state index contributed by atoms with van der Waals surface area (Å²) in [4.78, 5) is 11.6. The SMILES string of the molecule is CCn1nc(C)cc1CC(CN)(C(=O)O)C1CC1. The third-order valence-electron chi connectivity index (χ3n) is 3.93. The molecule has 100 valence electrons. The van der Waals surface area contributed by atoms with E-state index in [9.17, 15) is 9.90 Å². The molecule has 5 heteroatoms. The van der Waals surface area contributed by atoms with Crippen LogP contribution >= 0.6 is 0 Å². The Hall–Kier alpha value is -1.36. The first kappa shape index (κ1) is 13.1. The Morgan fingerprint density at radius 1 is 1.67 bits per heavy atom. The average molecular weight is 251 g/mol. The zero-order valence-corrected chi connectivity index (χ0v) is 11.0. The van der Waals surface area contributed by atoms with Crippen molar-refractivity contribution in [3.63, 3.8) is 0 Å². The van der Waals surface area contributed by atoms with Crippen molar-refractivity contribution in [1.82, 2.24) is 9.78 Å². The van der Waals surface area contributed by atoms with Crippen LogP contribution in [0.2, 0.25) is 0 Å². The maximum atomic E-state index is 11.6. The van der Waals surface area contributed by atoms with E-state index in [0.29, 0.717) is 6.42 Å². The second-order valence-corrected chi connectivity index (χ2v) is 5.21. The van der Waals surface area contributed by atoms with Gasteiger partial charge < -0.3 is 10.8 Å². The summed E-state index contributed by atoms with van der Waals surface area (Å²) in [6, 6.07) is 1.97. The number of hydrogen-bond acceptors (Lipinski definition) is 3. The molecule has 5 nitrogen and oxygen atoms in total. The van der Waals surface area contributed by atoms with E-state index in [1.54, 1.807) is 0 Å². The molecule has 1 heterocycles. The molecule has 1 aromatic heterocycles. The van der Waals surface area contributed by atoms with Crippen molar-refractivity contribution >= 4 is 5.97 Å².